The number of H-pyrrole nitrogens is 1. The molecule has 0 amide bonds. The Kier molecular flexibility index (Phi) is 9.57. The number of imidazole rings is 1. The van der Waals surface area contributed by atoms with Crippen LogP contribution in [0.4, 0.5) is 11.5 Å². The SMILES string of the molecule is NCc1cc([N+](=O)[O-])ccc1C(=O)O[C@@H]1C[C@H](n2cnc3c(=O)[nH]c(N)cc32)OC1COP(=O)(O)OP(=O)(O)OP(=O)(O)O. The van der Waals surface area contributed by atoms with Crippen molar-refractivity contribution < 1.29 is 65.6 Å². The molecule has 22 nitrogen and oxygen atoms in total. The minimum absolute atomic E-state index is 0.0260. The number of esters is 1. The zero-order valence-electron chi connectivity index (χ0n) is 21.8. The van der Waals surface area contributed by atoms with E-state index < -0.39 is 65.0 Å². The molecule has 4 rings (SSSR count). The lowest BCUT2D eigenvalue weighted by Gasteiger charge is -2.21. The number of carbonyl (C=O) groups is 1. The van der Waals surface area contributed by atoms with E-state index in [1.807, 2.05) is 0 Å². The highest BCUT2D eigenvalue weighted by Crippen LogP contribution is 2.66. The fourth-order valence-corrected chi connectivity index (χ4v) is 7.20. The zero-order valence-corrected chi connectivity index (χ0v) is 24.4. The number of nitrogens with two attached hydrogens (primary N) is 2. The van der Waals surface area contributed by atoms with Gasteiger partial charge >= 0.3 is 29.4 Å². The second-order valence-electron chi connectivity index (χ2n) is 8.94. The number of nitrogens with zero attached hydrogens (tertiary/aromatic N) is 3. The van der Waals surface area contributed by atoms with Crippen molar-refractivity contribution >= 4 is 52.0 Å². The molecular weight excluding hydrogens is 661 g/mol. The maximum absolute atomic E-state index is 13.1. The van der Waals surface area contributed by atoms with E-state index in [0.717, 1.165) is 18.2 Å². The number of hydrogen-bond acceptors (Lipinski definition) is 15. The van der Waals surface area contributed by atoms with Crippen molar-refractivity contribution in [2.24, 2.45) is 5.73 Å². The quantitative estimate of drug-likeness (QED) is 0.0592. The monoisotopic (exact) mass is 684 g/mol. The number of rotatable bonds is 12. The Morgan fingerprint density at radius 1 is 1.18 bits per heavy atom. The maximum atomic E-state index is 13.1. The number of nitrogen functional groups attached to an aromatic ring is 1. The molecule has 0 radical (unpaired) electrons. The zero-order chi connectivity index (χ0) is 32.6. The molecule has 3 aromatic rings. The molecule has 25 heteroatoms. The van der Waals surface area contributed by atoms with Gasteiger partial charge in [0.2, 0.25) is 0 Å². The average Bonchev–Trinajstić information content (AvgIpc) is 3.48. The Morgan fingerprint density at radius 2 is 1.89 bits per heavy atom. The van der Waals surface area contributed by atoms with Crippen molar-refractivity contribution in [3.63, 3.8) is 0 Å². The van der Waals surface area contributed by atoms with Crippen LogP contribution < -0.4 is 17.0 Å². The molecule has 3 unspecified atom stereocenters. The molecule has 1 aliphatic heterocycles. The van der Waals surface area contributed by atoms with Gasteiger partial charge < -0.3 is 50.1 Å². The van der Waals surface area contributed by atoms with Crippen LogP contribution in [-0.2, 0) is 42.9 Å². The molecule has 0 saturated carbocycles. The lowest BCUT2D eigenvalue weighted by atomic mass is 10.1. The lowest BCUT2D eigenvalue weighted by molar-refractivity contribution is -0.384. The fraction of sp³-hybridized carbons (Fsp3) is 0.316. The molecule has 0 aliphatic carbocycles. The van der Waals surface area contributed by atoms with E-state index >= 15 is 0 Å². The number of pyridine rings is 1. The summed E-state index contributed by atoms with van der Waals surface area (Å²) in [6, 6.07) is 4.57. The predicted molar refractivity (Wildman–Crippen MR) is 143 cm³/mol. The third kappa shape index (κ3) is 8.02. The number of nitrogens with one attached hydrogen (secondary N) is 1. The first-order valence-corrected chi connectivity index (χ1v) is 16.4. The summed E-state index contributed by atoms with van der Waals surface area (Å²) in [6.45, 7) is -1.28. The number of aromatic amines is 1. The first-order chi connectivity index (χ1) is 20.4. The largest absolute Gasteiger partial charge is 0.490 e. The van der Waals surface area contributed by atoms with Crippen molar-refractivity contribution in [1.82, 2.24) is 14.5 Å². The molecule has 1 aliphatic rings. The van der Waals surface area contributed by atoms with Crippen LogP contribution in [0.25, 0.3) is 11.0 Å². The molecule has 44 heavy (non-hydrogen) atoms. The number of phosphoric acid groups is 3. The number of aromatic nitrogens is 3. The highest BCUT2D eigenvalue weighted by molar-refractivity contribution is 7.66. The third-order valence-electron chi connectivity index (χ3n) is 5.90. The van der Waals surface area contributed by atoms with Crippen LogP contribution in [0, 0.1) is 10.1 Å². The number of benzene rings is 1. The Bertz CT molecular complexity index is 1810. The molecule has 0 spiro atoms. The van der Waals surface area contributed by atoms with Crippen molar-refractivity contribution in [3.05, 3.63) is 62.2 Å². The van der Waals surface area contributed by atoms with Crippen LogP contribution in [0.5, 0.6) is 0 Å². The minimum atomic E-state index is -5.83. The van der Waals surface area contributed by atoms with Crippen molar-refractivity contribution in [1.29, 1.82) is 0 Å². The van der Waals surface area contributed by atoms with Crippen LogP contribution in [0.15, 0.2) is 35.4 Å². The van der Waals surface area contributed by atoms with Gasteiger partial charge in [-0.25, -0.2) is 23.5 Å². The average molecular weight is 684 g/mol. The molecule has 1 saturated heterocycles. The predicted octanol–water partition coefficient (Wildman–Crippen LogP) is 0.530. The summed E-state index contributed by atoms with van der Waals surface area (Å²) in [6.07, 6.45) is -2.85. The lowest BCUT2D eigenvalue weighted by Crippen LogP contribution is -2.31. The number of non-ortho nitro benzene ring substituents is 1. The number of fused-ring (bicyclic) bond motifs is 1. The second kappa shape index (κ2) is 12.6. The van der Waals surface area contributed by atoms with E-state index in [1.54, 1.807) is 0 Å². The van der Waals surface area contributed by atoms with Crippen LogP contribution in [0.1, 0.15) is 28.6 Å². The fourth-order valence-electron chi connectivity index (χ4n) is 4.17. The summed E-state index contributed by atoms with van der Waals surface area (Å²) in [7, 11) is -17.1. The number of nitro groups is 1. The molecule has 9 N–H and O–H groups in total. The molecule has 5 atom stereocenters. The van der Waals surface area contributed by atoms with Gasteiger partial charge in [-0.1, -0.05) is 0 Å². The highest BCUT2D eigenvalue weighted by atomic mass is 31.3. The van der Waals surface area contributed by atoms with E-state index in [1.165, 1.54) is 17.0 Å². The van der Waals surface area contributed by atoms with Crippen molar-refractivity contribution in [2.75, 3.05) is 12.3 Å². The van der Waals surface area contributed by atoms with Gasteiger partial charge in [0.15, 0.2) is 5.52 Å². The van der Waals surface area contributed by atoms with Gasteiger partial charge in [0.25, 0.3) is 11.2 Å². The van der Waals surface area contributed by atoms with Crippen molar-refractivity contribution in [3.8, 4) is 0 Å². The maximum Gasteiger partial charge on any atom is 0.490 e. The molecule has 1 fully saturated rings. The van der Waals surface area contributed by atoms with Gasteiger partial charge in [-0.3, -0.25) is 19.4 Å². The number of ether oxygens (including phenoxy) is 2. The number of hydrogen-bond donors (Lipinski definition) is 7. The molecule has 1 aromatic carbocycles. The molecular formula is C19H23N6O16P3. The molecule has 0 bridgehead atoms. The summed E-state index contributed by atoms with van der Waals surface area (Å²) < 4.78 is 59.6. The van der Waals surface area contributed by atoms with Gasteiger partial charge in [0.05, 0.1) is 28.9 Å². The van der Waals surface area contributed by atoms with Crippen molar-refractivity contribution in [2.45, 2.75) is 31.4 Å². The van der Waals surface area contributed by atoms with Gasteiger partial charge in [-0.05, 0) is 11.6 Å². The second-order valence-corrected chi connectivity index (χ2v) is 13.4. The summed E-state index contributed by atoms with van der Waals surface area (Å²) in [5.74, 6) is -1.06. The summed E-state index contributed by atoms with van der Waals surface area (Å²) in [5.41, 5.74) is 10.4. The van der Waals surface area contributed by atoms with Crippen LogP contribution in [0.2, 0.25) is 0 Å². The Morgan fingerprint density at radius 3 is 2.52 bits per heavy atom. The van der Waals surface area contributed by atoms with Gasteiger partial charge in [-0.15, -0.1) is 0 Å². The van der Waals surface area contributed by atoms with E-state index in [-0.39, 0.29) is 46.6 Å². The Balaban J connectivity index is 1.60. The number of anilines is 1. The van der Waals surface area contributed by atoms with Gasteiger partial charge in [0.1, 0.15) is 24.3 Å². The first-order valence-electron chi connectivity index (χ1n) is 11.9. The normalized spacial score (nSPS) is 21.5. The third-order valence-corrected chi connectivity index (χ3v) is 9.71. The number of phosphoric ester groups is 1. The number of nitro benzene ring substituents is 1. The summed E-state index contributed by atoms with van der Waals surface area (Å²) in [4.78, 5) is 78.8. The topological polar surface area (TPSA) is 341 Å². The Hall–Kier alpha value is -3.36. The van der Waals surface area contributed by atoms with E-state index in [4.69, 9.17) is 30.7 Å². The summed E-state index contributed by atoms with van der Waals surface area (Å²) >= 11 is 0. The standard InChI is InChI=1S/C19H23N6O16P3/c20-6-9-3-10(25(28)29)1-2-11(9)19(27)39-13-5-16(24-8-22-17-12(24)4-15(21)23-18(17)26)38-14(13)7-37-43(33,34)41-44(35,36)40-42(30,31)32/h1-4,8,13-14,16H,5-7,20H2,(H,33,34)(H,35,36)(H3,21,23,26)(H2,30,31,32)/t13-,14?,16-/m1/s1. The van der Waals surface area contributed by atoms with Crippen LogP contribution in [0.3, 0.4) is 0 Å². The summed E-state index contributed by atoms with van der Waals surface area (Å²) in [5, 5.41) is 11.1. The minimum Gasteiger partial charge on any atom is -0.456 e. The van der Waals surface area contributed by atoms with E-state index in [2.05, 4.69) is 23.1 Å². The molecule has 2 aromatic heterocycles. The highest BCUT2D eigenvalue weighted by Gasteiger charge is 2.44. The van der Waals surface area contributed by atoms with Crippen LogP contribution >= 0.6 is 23.5 Å². The van der Waals surface area contributed by atoms with Gasteiger partial charge in [-0.2, -0.15) is 8.62 Å². The number of carbonyl (C=O) groups excluding carboxylic acids is 1. The molecule has 3 heterocycles. The molecule has 240 valence electrons. The van der Waals surface area contributed by atoms with Crippen LogP contribution in [-0.4, -0.2) is 63.8 Å². The van der Waals surface area contributed by atoms with E-state index in [9.17, 15) is 43.2 Å². The smallest absolute Gasteiger partial charge is 0.456 e. The first kappa shape index (κ1) is 33.5. The van der Waals surface area contributed by atoms with Gasteiger partial charge in [0, 0.05) is 31.2 Å². The van der Waals surface area contributed by atoms with E-state index in [0.29, 0.717) is 0 Å². The Labute approximate surface area is 244 Å².